The van der Waals surface area contributed by atoms with Crippen LogP contribution in [-0.4, -0.2) is 30.6 Å². The van der Waals surface area contributed by atoms with Crippen LogP contribution in [0.3, 0.4) is 0 Å². The smallest absolute Gasteiger partial charge is 0.323 e. The summed E-state index contributed by atoms with van der Waals surface area (Å²) in [6, 6.07) is -0.463. The molecule has 0 fully saturated rings. The van der Waals surface area contributed by atoms with Gasteiger partial charge in [-0.3, -0.25) is 4.79 Å². The van der Waals surface area contributed by atoms with Crippen LogP contribution in [0.2, 0.25) is 0 Å². The van der Waals surface area contributed by atoms with Gasteiger partial charge in [0.2, 0.25) is 0 Å². The summed E-state index contributed by atoms with van der Waals surface area (Å²) < 4.78 is 4.68. The number of carbonyl (C=O) groups is 1. The van der Waals surface area contributed by atoms with Crippen LogP contribution in [0.15, 0.2) is 0 Å². The van der Waals surface area contributed by atoms with Gasteiger partial charge in [0, 0.05) is 5.75 Å². The lowest BCUT2D eigenvalue weighted by Crippen LogP contribution is -2.34. The van der Waals surface area contributed by atoms with Crippen molar-refractivity contribution >= 4 is 17.7 Å². The van der Waals surface area contributed by atoms with Gasteiger partial charge < -0.3 is 10.5 Å². The Morgan fingerprint density at radius 2 is 2.40 bits per heavy atom. The summed E-state index contributed by atoms with van der Waals surface area (Å²) in [5.41, 5.74) is 5.42. The van der Waals surface area contributed by atoms with E-state index in [-0.39, 0.29) is 5.97 Å². The van der Waals surface area contributed by atoms with Gasteiger partial charge in [-0.25, -0.2) is 0 Å². The second-order valence-corrected chi connectivity index (χ2v) is 2.72. The van der Waals surface area contributed by atoms with E-state index >= 15 is 0 Å². The van der Waals surface area contributed by atoms with Crippen molar-refractivity contribution < 1.29 is 9.53 Å². The number of carbonyl (C=O) groups excluding carboxylic acids is 1. The van der Waals surface area contributed by atoms with E-state index in [0.717, 1.165) is 0 Å². The van der Waals surface area contributed by atoms with Crippen LogP contribution in [0.5, 0.6) is 0 Å². The summed E-state index contributed by atoms with van der Waals surface area (Å²) in [4.78, 5) is 10.8. The zero-order chi connectivity index (χ0) is 7.98. The summed E-state index contributed by atoms with van der Waals surface area (Å²) in [6.45, 7) is 2.17. The molecule has 0 bridgehead atoms. The summed E-state index contributed by atoms with van der Waals surface area (Å²) in [7, 11) is 0. The molecule has 0 aliphatic rings. The molecule has 0 spiro atoms. The van der Waals surface area contributed by atoms with Crippen molar-refractivity contribution in [3.63, 3.8) is 0 Å². The molecule has 4 heteroatoms. The number of nitrogens with two attached hydrogens (primary N) is 1. The molecule has 3 nitrogen and oxygen atoms in total. The van der Waals surface area contributed by atoms with Gasteiger partial charge in [-0.2, -0.15) is 11.8 Å². The Morgan fingerprint density at radius 1 is 1.80 bits per heavy atom. The first-order valence-electron chi connectivity index (χ1n) is 3.13. The van der Waals surface area contributed by atoms with E-state index in [9.17, 15) is 4.79 Å². The molecule has 0 heterocycles. The topological polar surface area (TPSA) is 52.3 Å². The van der Waals surface area contributed by atoms with Gasteiger partial charge in [-0.05, 0) is 13.2 Å². The van der Waals surface area contributed by atoms with Crippen molar-refractivity contribution in [1.82, 2.24) is 0 Å². The number of esters is 1. The largest absolute Gasteiger partial charge is 0.465 e. The van der Waals surface area contributed by atoms with Crippen LogP contribution in [0.1, 0.15) is 6.92 Å². The lowest BCUT2D eigenvalue weighted by molar-refractivity contribution is -0.144. The van der Waals surface area contributed by atoms with Crippen LogP contribution in [0, 0.1) is 0 Å². The normalized spacial score (nSPS) is 12.7. The van der Waals surface area contributed by atoms with Crippen molar-refractivity contribution in [3.05, 3.63) is 0 Å². The van der Waals surface area contributed by atoms with E-state index in [1.165, 1.54) is 11.8 Å². The molecule has 1 atom stereocenters. The maximum Gasteiger partial charge on any atom is 0.323 e. The monoisotopic (exact) mass is 163 g/mol. The first-order chi connectivity index (χ1) is 4.72. The van der Waals surface area contributed by atoms with Gasteiger partial charge in [0.05, 0.1) is 6.61 Å². The zero-order valence-corrected chi connectivity index (χ0v) is 7.11. The molecule has 10 heavy (non-hydrogen) atoms. The van der Waals surface area contributed by atoms with Gasteiger partial charge >= 0.3 is 5.97 Å². The lowest BCUT2D eigenvalue weighted by Gasteiger charge is -2.07. The number of ether oxygens (including phenoxy) is 1. The number of thioether (sulfide) groups is 1. The first-order valence-corrected chi connectivity index (χ1v) is 4.53. The predicted octanol–water partition coefficient (Wildman–Crippen LogP) is 0.240. The summed E-state index contributed by atoms with van der Waals surface area (Å²) in [5.74, 6) is 0.315. The molecular weight excluding hydrogens is 150 g/mol. The van der Waals surface area contributed by atoms with Gasteiger partial charge in [-0.15, -0.1) is 0 Å². The average molecular weight is 163 g/mol. The minimum Gasteiger partial charge on any atom is -0.465 e. The SMILES string of the molecule is CCOC(=O)[C@@H](N)CSC. The Labute approximate surface area is 65.3 Å². The Balaban J connectivity index is 3.49. The van der Waals surface area contributed by atoms with E-state index in [4.69, 9.17) is 5.73 Å². The van der Waals surface area contributed by atoms with Crippen LogP contribution in [0.4, 0.5) is 0 Å². The van der Waals surface area contributed by atoms with Crippen LogP contribution in [0.25, 0.3) is 0 Å². The van der Waals surface area contributed by atoms with Crippen LogP contribution < -0.4 is 5.73 Å². The molecular formula is C6H13NO2S. The number of rotatable bonds is 4. The molecule has 0 rings (SSSR count). The Hall–Kier alpha value is -0.220. The minimum absolute atomic E-state index is 0.308. The minimum atomic E-state index is -0.463. The second-order valence-electron chi connectivity index (χ2n) is 1.81. The summed E-state index contributed by atoms with van der Waals surface area (Å²) in [5, 5.41) is 0. The Morgan fingerprint density at radius 3 is 2.80 bits per heavy atom. The van der Waals surface area contributed by atoms with Gasteiger partial charge in [0.25, 0.3) is 0 Å². The predicted molar refractivity (Wildman–Crippen MR) is 43.0 cm³/mol. The van der Waals surface area contributed by atoms with Crippen molar-refractivity contribution in [3.8, 4) is 0 Å². The van der Waals surface area contributed by atoms with Crippen molar-refractivity contribution in [2.45, 2.75) is 13.0 Å². The van der Waals surface area contributed by atoms with E-state index in [2.05, 4.69) is 4.74 Å². The third-order valence-corrected chi connectivity index (χ3v) is 1.63. The summed E-state index contributed by atoms with van der Waals surface area (Å²) >= 11 is 1.54. The molecule has 0 aliphatic carbocycles. The average Bonchev–Trinajstić information content (AvgIpc) is 1.89. The summed E-state index contributed by atoms with van der Waals surface area (Å²) in [6.07, 6.45) is 1.90. The standard InChI is InChI=1S/C6H13NO2S/c1-3-9-6(8)5(7)4-10-2/h5H,3-4,7H2,1-2H3/t5-/m0/s1. The highest BCUT2D eigenvalue weighted by Gasteiger charge is 2.12. The quantitative estimate of drug-likeness (QED) is 0.603. The fraction of sp³-hybridized carbons (Fsp3) is 0.833. The van der Waals surface area contributed by atoms with E-state index in [1.807, 2.05) is 6.26 Å². The van der Waals surface area contributed by atoms with Gasteiger partial charge in [0.1, 0.15) is 6.04 Å². The molecule has 0 amide bonds. The Kier molecular flexibility index (Phi) is 5.43. The number of hydrogen-bond acceptors (Lipinski definition) is 4. The molecule has 0 unspecified atom stereocenters. The highest BCUT2D eigenvalue weighted by atomic mass is 32.2. The fourth-order valence-corrected chi connectivity index (χ4v) is 0.992. The molecule has 0 aliphatic heterocycles. The fourth-order valence-electron chi connectivity index (χ4n) is 0.497. The van der Waals surface area contributed by atoms with E-state index < -0.39 is 6.04 Å². The molecule has 0 aromatic heterocycles. The van der Waals surface area contributed by atoms with Crippen LogP contribution >= 0.6 is 11.8 Å². The first kappa shape index (κ1) is 9.78. The van der Waals surface area contributed by atoms with Crippen LogP contribution in [-0.2, 0) is 9.53 Å². The molecule has 0 radical (unpaired) electrons. The molecule has 0 saturated heterocycles. The maximum absolute atomic E-state index is 10.8. The zero-order valence-electron chi connectivity index (χ0n) is 6.29. The van der Waals surface area contributed by atoms with Gasteiger partial charge in [-0.1, -0.05) is 0 Å². The van der Waals surface area contributed by atoms with Crippen molar-refractivity contribution in [2.24, 2.45) is 5.73 Å². The third kappa shape index (κ3) is 3.74. The van der Waals surface area contributed by atoms with Crippen molar-refractivity contribution in [2.75, 3.05) is 18.6 Å². The maximum atomic E-state index is 10.8. The van der Waals surface area contributed by atoms with E-state index in [1.54, 1.807) is 6.92 Å². The molecule has 2 N–H and O–H groups in total. The lowest BCUT2D eigenvalue weighted by atomic mass is 10.4. The van der Waals surface area contributed by atoms with Gasteiger partial charge in [0.15, 0.2) is 0 Å². The highest BCUT2D eigenvalue weighted by Crippen LogP contribution is 1.96. The Bertz CT molecular complexity index is 108. The molecule has 0 aromatic rings. The number of hydrogen-bond donors (Lipinski definition) is 1. The molecule has 0 saturated carbocycles. The molecule has 0 aromatic carbocycles. The molecule has 60 valence electrons. The second kappa shape index (κ2) is 5.56. The third-order valence-electron chi connectivity index (χ3n) is 0.936. The van der Waals surface area contributed by atoms with E-state index in [0.29, 0.717) is 12.4 Å². The highest BCUT2D eigenvalue weighted by molar-refractivity contribution is 7.98. The van der Waals surface area contributed by atoms with Crippen molar-refractivity contribution in [1.29, 1.82) is 0 Å².